The van der Waals surface area contributed by atoms with Crippen molar-refractivity contribution >= 4 is 6.09 Å². The molecule has 0 aliphatic heterocycles. The summed E-state index contributed by atoms with van der Waals surface area (Å²) in [6, 6.07) is 20.8. The Kier molecular flexibility index (Phi) is 5.48. The molecule has 2 aromatic rings. The molecule has 1 N–H and O–H groups in total. The van der Waals surface area contributed by atoms with Crippen LogP contribution in [-0.2, 0) is 10.2 Å². The number of amides is 1. The van der Waals surface area contributed by atoms with Crippen LogP contribution in [0.5, 0.6) is 0 Å². The lowest BCUT2D eigenvalue weighted by Gasteiger charge is -2.34. The van der Waals surface area contributed by atoms with Gasteiger partial charge in [-0.05, 0) is 38.8 Å². The highest BCUT2D eigenvalue weighted by molar-refractivity contribution is 5.69. The first-order valence-corrected chi connectivity index (χ1v) is 8.27. The molecule has 0 aliphatic rings. The summed E-state index contributed by atoms with van der Waals surface area (Å²) in [6.45, 7) is 7.26. The van der Waals surface area contributed by atoms with Gasteiger partial charge in [-0.25, -0.2) is 4.79 Å². The van der Waals surface area contributed by atoms with Crippen LogP contribution in [0.1, 0.15) is 44.9 Å². The Morgan fingerprint density at radius 2 is 1.52 bits per heavy atom. The zero-order valence-electron chi connectivity index (χ0n) is 15.1. The summed E-state index contributed by atoms with van der Waals surface area (Å²) in [5.41, 5.74) is 0.129. The van der Waals surface area contributed by atoms with Crippen molar-refractivity contribution in [2.75, 3.05) is 0 Å². The van der Waals surface area contributed by atoms with Crippen molar-refractivity contribution in [2.24, 2.45) is 0 Å². The quantitative estimate of drug-likeness (QED) is 0.877. The fourth-order valence-corrected chi connectivity index (χ4v) is 2.71. The van der Waals surface area contributed by atoms with Crippen molar-refractivity contribution in [3.8, 4) is 6.07 Å². The smallest absolute Gasteiger partial charge is 0.408 e. The van der Waals surface area contributed by atoms with Crippen LogP contribution in [0.15, 0.2) is 60.7 Å². The van der Waals surface area contributed by atoms with Crippen molar-refractivity contribution in [2.45, 2.75) is 44.8 Å². The number of ether oxygens (including phenoxy) is 1. The summed E-state index contributed by atoms with van der Waals surface area (Å²) in [5, 5.41) is 12.9. The molecule has 0 aromatic heterocycles. The lowest BCUT2D eigenvalue weighted by molar-refractivity contribution is 0.0487. The highest BCUT2D eigenvalue weighted by atomic mass is 16.6. The second kappa shape index (κ2) is 7.40. The number of nitriles is 1. The van der Waals surface area contributed by atoms with Gasteiger partial charge in [-0.2, -0.15) is 5.26 Å². The van der Waals surface area contributed by atoms with Crippen LogP contribution >= 0.6 is 0 Å². The lowest BCUT2D eigenvalue weighted by atomic mass is 9.74. The van der Waals surface area contributed by atoms with E-state index >= 15 is 0 Å². The minimum Gasteiger partial charge on any atom is -0.444 e. The van der Waals surface area contributed by atoms with Crippen LogP contribution < -0.4 is 5.32 Å². The molecular weight excluding hydrogens is 312 g/mol. The van der Waals surface area contributed by atoms with Crippen molar-refractivity contribution in [3.05, 3.63) is 71.8 Å². The highest BCUT2D eigenvalue weighted by Crippen LogP contribution is 2.37. The van der Waals surface area contributed by atoms with E-state index in [-0.39, 0.29) is 0 Å². The first kappa shape index (κ1) is 18.5. The maximum atomic E-state index is 12.4. The Labute approximate surface area is 149 Å². The number of hydrogen-bond acceptors (Lipinski definition) is 3. The molecule has 0 aliphatic carbocycles. The molecule has 1 amide bonds. The Morgan fingerprint density at radius 3 is 2.00 bits per heavy atom. The Bertz CT molecular complexity index is 745. The second-order valence-electron chi connectivity index (χ2n) is 7.17. The van der Waals surface area contributed by atoms with Gasteiger partial charge in [0.05, 0.1) is 12.1 Å². The van der Waals surface area contributed by atoms with Gasteiger partial charge in [-0.1, -0.05) is 60.7 Å². The largest absolute Gasteiger partial charge is 0.444 e. The third-order valence-electron chi connectivity index (χ3n) is 3.98. The van der Waals surface area contributed by atoms with Crippen molar-refractivity contribution in [3.63, 3.8) is 0 Å². The van der Waals surface area contributed by atoms with E-state index in [0.717, 1.165) is 11.1 Å². The summed E-state index contributed by atoms with van der Waals surface area (Å²) in [6.07, 6.45) is -0.543. The number of carbonyl (C=O) groups excluding carboxylic acids is 1. The van der Waals surface area contributed by atoms with Gasteiger partial charge in [-0.15, -0.1) is 0 Å². The number of benzene rings is 2. The van der Waals surface area contributed by atoms with Crippen LogP contribution in [-0.4, -0.2) is 11.7 Å². The normalized spacial score (nSPS) is 14.7. The molecule has 2 aromatic carbocycles. The number of nitrogens with zero attached hydrogens (tertiary/aromatic N) is 1. The van der Waals surface area contributed by atoms with Gasteiger partial charge < -0.3 is 10.1 Å². The fraction of sp³-hybridized carbons (Fsp3) is 0.333. The van der Waals surface area contributed by atoms with Crippen molar-refractivity contribution < 1.29 is 9.53 Å². The van der Waals surface area contributed by atoms with E-state index in [0.29, 0.717) is 0 Å². The number of rotatable bonds is 4. The van der Waals surface area contributed by atoms with E-state index in [2.05, 4.69) is 11.4 Å². The number of carbonyl (C=O) groups is 1. The molecule has 0 unspecified atom stereocenters. The van der Waals surface area contributed by atoms with Gasteiger partial charge in [0.1, 0.15) is 11.0 Å². The van der Waals surface area contributed by atoms with Crippen LogP contribution in [0.25, 0.3) is 0 Å². The van der Waals surface area contributed by atoms with Gasteiger partial charge in [0.2, 0.25) is 0 Å². The molecule has 0 fully saturated rings. The van der Waals surface area contributed by atoms with Gasteiger partial charge in [-0.3, -0.25) is 0 Å². The molecule has 0 radical (unpaired) electrons. The summed E-state index contributed by atoms with van der Waals surface area (Å²) in [5.74, 6) is 0. The Balaban J connectivity index is 2.44. The zero-order chi connectivity index (χ0) is 18.5. The predicted octanol–water partition coefficient (Wildman–Crippen LogP) is 4.73. The Hall–Kier alpha value is -2.80. The standard InChI is InChI=1S/C21H24N2O2/c1-20(2,3)25-19(24)23-18(16-11-7-5-8-12-16)21(4,15-22)17-13-9-6-10-14-17/h5-14,18H,1-4H3,(H,23,24)/t18-,21+/m1/s1. The summed E-state index contributed by atoms with van der Waals surface area (Å²) < 4.78 is 5.41. The van der Waals surface area contributed by atoms with Gasteiger partial charge >= 0.3 is 6.09 Å². The number of nitrogens with one attached hydrogen (secondary N) is 1. The first-order valence-electron chi connectivity index (χ1n) is 8.27. The molecule has 0 spiro atoms. The molecule has 25 heavy (non-hydrogen) atoms. The third kappa shape index (κ3) is 4.60. The minimum absolute atomic E-state index is 0.543. The molecule has 0 heterocycles. The van der Waals surface area contributed by atoms with Crippen LogP contribution in [0.4, 0.5) is 4.79 Å². The summed E-state index contributed by atoms with van der Waals surface area (Å²) in [7, 11) is 0. The van der Waals surface area contributed by atoms with E-state index in [4.69, 9.17) is 4.74 Å². The highest BCUT2D eigenvalue weighted by Gasteiger charge is 2.39. The zero-order valence-corrected chi connectivity index (χ0v) is 15.1. The molecule has 4 heteroatoms. The van der Waals surface area contributed by atoms with E-state index < -0.39 is 23.2 Å². The van der Waals surface area contributed by atoms with Crippen molar-refractivity contribution in [1.29, 1.82) is 5.26 Å². The van der Waals surface area contributed by atoms with Crippen LogP contribution in [0.2, 0.25) is 0 Å². The molecule has 0 bridgehead atoms. The average Bonchev–Trinajstić information content (AvgIpc) is 2.59. The lowest BCUT2D eigenvalue weighted by Crippen LogP contribution is -2.43. The van der Waals surface area contributed by atoms with Crippen LogP contribution in [0.3, 0.4) is 0 Å². The molecule has 2 rings (SSSR count). The third-order valence-corrected chi connectivity index (χ3v) is 3.98. The first-order chi connectivity index (χ1) is 11.8. The van der Waals surface area contributed by atoms with Crippen molar-refractivity contribution in [1.82, 2.24) is 5.32 Å². The van der Waals surface area contributed by atoms with E-state index in [1.807, 2.05) is 88.4 Å². The Morgan fingerprint density at radius 1 is 1.00 bits per heavy atom. The number of alkyl carbamates (subject to hydrolysis) is 1. The summed E-state index contributed by atoms with van der Waals surface area (Å²) in [4.78, 5) is 12.4. The maximum absolute atomic E-state index is 12.4. The second-order valence-corrected chi connectivity index (χ2v) is 7.17. The van der Waals surface area contributed by atoms with Crippen LogP contribution in [0, 0.1) is 11.3 Å². The number of hydrogen-bond donors (Lipinski definition) is 1. The van der Waals surface area contributed by atoms with Gasteiger partial charge in [0.15, 0.2) is 0 Å². The van der Waals surface area contributed by atoms with Gasteiger partial charge in [0, 0.05) is 0 Å². The monoisotopic (exact) mass is 336 g/mol. The topological polar surface area (TPSA) is 62.1 Å². The molecule has 0 saturated heterocycles. The molecular formula is C21H24N2O2. The summed E-state index contributed by atoms with van der Waals surface area (Å²) >= 11 is 0. The fourth-order valence-electron chi connectivity index (χ4n) is 2.71. The molecule has 2 atom stereocenters. The molecule has 4 nitrogen and oxygen atoms in total. The molecule has 130 valence electrons. The predicted molar refractivity (Wildman–Crippen MR) is 98.0 cm³/mol. The van der Waals surface area contributed by atoms with E-state index in [1.54, 1.807) is 0 Å². The maximum Gasteiger partial charge on any atom is 0.408 e. The average molecular weight is 336 g/mol. The van der Waals surface area contributed by atoms with E-state index in [9.17, 15) is 10.1 Å². The minimum atomic E-state index is -0.945. The van der Waals surface area contributed by atoms with Gasteiger partial charge in [0.25, 0.3) is 0 Å². The SMILES string of the molecule is CC(C)(C)OC(=O)N[C@H](c1ccccc1)[C@@](C)(C#N)c1ccccc1. The van der Waals surface area contributed by atoms with E-state index in [1.165, 1.54) is 0 Å². The molecule has 0 saturated carbocycles.